The van der Waals surface area contributed by atoms with Gasteiger partial charge in [-0.3, -0.25) is 14.9 Å². The van der Waals surface area contributed by atoms with Crippen molar-refractivity contribution in [2.24, 2.45) is 5.41 Å². The summed E-state index contributed by atoms with van der Waals surface area (Å²) >= 11 is 0. The molecular weight excluding hydrogens is 298 g/mol. The van der Waals surface area contributed by atoms with E-state index >= 15 is 0 Å². The van der Waals surface area contributed by atoms with Gasteiger partial charge in [0.05, 0.1) is 5.75 Å². The van der Waals surface area contributed by atoms with Crippen LogP contribution in [0.15, 0.2) is 30.3 Å². The van der Waals surface area contributed by atoms with Crippen molar-refractivity contribution in [3.63, 3.8) is 0 Å². The molecular formula is C13H15NO6S. The van der Waals surface area contributed by atoms with Crippen molar-refractivity contribution < 1.29 is 22.9 Å². The molecule has 0 saturated carbocycles. The summed E-state index contributed by atoms with van der Waals surface area (Å²) < 4.78 is 28.8. The van der Waals surface area contributed by atoms with E-state index in [1.54, 1.807) is 18.2 Å². The van der Waals surface area contributed by atoms with Crippen molar-refractivity contribution in [3.8, 4) is 5.75 Å². The lowest BCUT2D eigenvalue weighted by Crippen LogP contribution is -2.55. The number of carbonyl (C=O) groups excluding carboxylic acids is 1. The first kappa shape index (κ1) is 15.4. The molecule has 1 aromatic rings. The van der Waals surface area contributed by atoms with Crippen molar-refractivity contribution >= 4 is 15.8 Å². The molecule has 1 aromatic carbocycles. The average Bonchev–Trinajstić information content (AvgIpc) is 2.58. The van der Waals surface area contributed by atoms with Crippen LogP contribution in [0.2, 0.25) is 0 Å². The van der Waals surface area contributed by atoms with E-state index in [2.05, 4.69) is 0 Å². The van der Waals surface area contributed by atoms with Crippen LogP contribution in [-0.4, -0.2) is 36.4 Å². The molecule has 0 radical (unpaired) electrons. The second-order valence-corrected chi connectivity index (χ2v) is 7.66. The summed E-state index contributed by atoms with van der Waals surface area (Å²) in [5, 5.41) is 11.3. The zero-order valence-corrected chi connectivity index (χ0v) is 12.4. The second kappa shape index (κ2) is 4.80. The maximum absolute atomic E-state index is 12.4. The first-order valence-corrected chi connectivity index (χ1v) is 8.05. The number of carbonyl (C=O) groups is 1. The Hall–Kier alpha value is -1.96. The summed E-state index contributed by atoms with van der Waals surface area (Å²) in [6.45, 7) is 2.44. The number of sulfone groups is 1. The number of benzene rings is 1. The summed E-state index contributed by atoms with van der Waals surface area (Å²) in [6.07, 6.45) is 0. The Kier molecular flexibility index (Phi) is 3.53. The number of rotatable bonds is 3. The quantitative estimate of drug-likeness (QED) is 0.358. The number of hydrogen-bond acceptors (Lipinski definition) is 6. The normalized spacial score (nSPS) is 30.8. The molecule has 0 bridgehead atoms. The van der Waals surface area contributed by atoms with E-state index in [1.807, 2.05) is 0 Å². The molecule has 2 rings (SSSR count). The van der Waals surface area contributed by atoms with Gasteiger partial charge in [0.15, 0.2) is 9.84 Å². The number of nitrogens with zero attached hydrogens (tertiary/aromatic N) is 1. The minimum Gasteiger partial charge on any atom is -0.426 e. The molecule has 2 atom stereocenters. The lowest BCUT2D eigenvalue weighted by atomic mass is 9.75. The summed E-state index contributed by atoms with van der Waals surface area (Å²) in [4.78, 5) is 23.0. The molecule has 0 N–H and O–H groups in total. The number of nitro groups is 1. The highest BCUT2D eigenvalue weighted by Gasteiger charge is 2.69. The van der Waals surface area contributed by atoms with Gasteiger partial charge >= 0.3 is 5.97 Å². The van der Waals surface area contributed by atoms with Gasteiger partial charge in [-0.25, -0.2) is 8.42 Å². The van der Waals surface area contributed by atoms with Crippen LogP contribution in [0.4, 0.5) is 0 Å². The zero-order chi connectivity index (χ0) is 15.9. The largest absolute Gasteiger partial charge is 0.426 e. The van der Waals surface area contributed by atoms with Crippen molar-refractivity contribution in [3.05, 3.63) is 40.4 Å². The summed E-state index contributed by atoms with van der Waals surface area (Å²) in [5.41, 5.74) is -3.64. The van der Waals surface area contributed by atoms with E-state index < -0.39 is 43.2 Å². The van der Waals surface area contributed by atoms with Gasteiger partial charge in [0.1, 0.15) is 16.9 Å². The second-order valence-electron chi connectivity index (χ2n) is 5.60. The predicted molar refractivity (Wildman–Crippen MR) is 74.2 cm³/mol. The van der Waals surface area contributed by atoms with Gasteiger partial charge in [-0.1, -0.05) is 18.2 Å². The highest BCUT2D eigenvalue weighted by atomic mass is 32.2. The van der Waals surface area contributed by atoms with Crippen LogP contribution >= 0.6 is 0 Å². The summed E-state index contributed by atoms with van der Waals surface area (Å²) in [5.74, 6) is -1.95. The Labute approximate surface area is 122 Å². The lowest BCUT2D eigenvalue weighted by Gasteiger charge is -2.29. The van der Waals surface area contributed by atoms with E-state index in [1.165, 1.54) is 26.0 Å². The maximum Gasteiger partial charge on any atom is 0.325 e. The smallest absolute Gasteiger partial charge is 0.325 e. The molecule has 0 aliphatic carbocycles. The molecule has 114 valence electrons. The molecule has 1 aliphatic heterocycles. The fourth-order valence-corrected chi connectivity index (χ4v) is 5.17. The molecule has 1 saturated heterocycles. The highest BCUT2D eigenvalue weighted by Crippen LogP contribution is 2.44. The molecule has 0 amide bonds. The van der Waals surface area contributed by atoms with E-state index in [-0.39, 0.29) is 5.75 Å². The van der Waals surface area contributed by atoms with E-state index in [9.17, 15) is 23.3 Å². The van der Waals surface area contributed by atoms with Crippen LogP contribution in [0, 0.1) is 15.5 Å². The van der Waals surface area contributed by atoms with Gasteiger partial charge in [-0.2, -0.15) is 0 Å². The van der Waals surface area contributed by atoms with Gasteiger partial charge < -0.3 is 4.74 Å². The number of para-hydroxylation sites is 1. The Morgan fingerprint density at radius 2 is 1.81 bits per heavy atom. The van der Waals surface area contributed by atoms with Gasteiger partial charge in [0.25, 0.3) is 0 Å². The van der Waals surface area contributed by atoms with Crippen LogP contribution in [0.3, 0.4) is 0 Å². The third-order valence-corrected chi connectivity index (χ3v) is 6.02. The third kappa shape index (κ3) is 2.51. The van der Waals surface area contributed by atoms with Crippen molar-refractivity contribution in [2.45, 2.75) is 19.4 Å². The zero-order valence-electron chi connectivity index (χ0n) is 11.6. The molecule has 0 spiro atoms. The highest BCUT2D eigenvalue weighted by molar-refractivity contribution is 7.91. The molecule has 0 aromatic heterocycles. The monoisotopic (exact) mass is 313 g/mol. The Morgan fingerprint density at radius 3 is 2.33 bits per heavy atom. The number of hydrogen-bond donors (Lipinski definition) is 0. The minimum absolute atomic E-state index is 0.221. The van der Waals surface area contributed by atoms with Crippen molar-refractivity contribution in [1.82, 2.24) is 0 Å². The Balaban J connectivity index is 2.39. The molecule has 1 fully saturated rings. The van der Waals surface area contributed by atoms with Gasteiger partial charge in [0, 0.05) is 11.8 Å². The van der Waals surface area contributed by atoms with Gasteiger partial charge in [-0.05, 0) is 19.1 Å². The fraction of sp³-hybridized carbons (Fsp3) is 0.462. The molecule has 7 nitrogen and oxygen atoms in total. The SMILES string of the molecule is C[C@@]1([N+](=O)[O-])CS(=O)(=O)C[C@]1(C)C(=O)Oc1ccccc1. The van der Waals surface area contributed by atoms with E-state index in [0.29, 0.717) is 0 Å². The van der Waals surface area contributed by atoms with Gasteiger partial charge in [-0.15, -0.1) is 0 Å². The van der Waals surface area contributed by atoms with Crippen LogP contribution in [0.25, 0.3) is 0 Å². The fourth-order valence-electron chi connectivity index (χ4n) is 2.48. The van der Waals surface area contributed by atoms with Crippen molar-refractivity contribution in [2.75, 3.05) is 11.5 Å². The first-order chi connectivity index (χ1) is 9.61. The van der Waals surface area contributed by atoms with Crippen LogP contribution in [0.5, 0.6) is 5.75 Å². The standard InChI is InChI=1S/C13H15NO6S/c1-12(11(15)20-10-6-4-3-5-7-10)8-21(18,19)9-13(12,2)14(16)17/h3-7H,8-9H2,1-2H3/t12-,13-/m1/s1. The minimum atomic E-state index is -3.69. The van der Waals surface area contributed by atoms with E-state index in [0.717, 1.165) is 0 Å². The predicted octanol–water partition coefficient (Wildman–Crippen LogP) is 1.06. The first-order valence-electron chi connectivity index (χ1n) is 6.23. The molecule has 1 heterocycles. The van der Waals surface area contributed by atoms with Crippen LogP contribution < -0.4 is 4.74 Å². The topological polar surface area (TPSA) is 104 Å². The number of ether oxygens (including phenoxy) is 1. The van der Waals surface area contributed by atoms with Crippen LogP contribution in [0.1, 0.15) is 13.8 Å². The van der Waals surface area contributed by atoms with Crippen LogP contribution in [-0.2, 0) is 14.6 Å². The average molecular weight is 313 g/mol. The van der Waals surface area contributed by atoms with E-state index in [4.69, 9.17) is 4.74 Å². The summed E-state index contributed by atoms with van der Waals surface area (Å²) in [7, 11) is -3.69. The lowest BCUT2D eigenvalue weighted by molar-refractivity contribution is -0.573. The maximum atomic E-state index is 12.4. The molecule has 0 unspecified atom stereocenters. The summed E-state index contributed by atoms with van der Waals surface area (Å²) in [6, 6.07) is 8.05. The van der Waals surface area contributed by atoms with Gasteiger partial charge in [0.2, 0.25) is 5.54 Å². The number of esters is 1. The third-order valence-electron chi connectivity index (χ3n) is 4.01. The Morgan fingerprint density at radius 1 is 1.24 bits per heavy atom. The van der Waals surface area contributed by atoms with Crippen molar-refractivity contribution in [1.29, 1.82) is 0 Å². The Bertz CT molecular complexity index is 686. The molecule has 8 heteroatoms. The molecule has 1 aliphatic rings. The molecule has 21 heavy (non-hydrogen) atoms.